The Morgan fingerprint density at radius 1 is 1.27 bits per heavy atom. The van der Waals surface area contributed by atoms with Gasteiger partial charge in [-0.25, -0.2) is 4.98 Å². The minimum atomic E-state index is -4.92. The van der Waals surface area contributed by atoms with E-state index in [1.807, 2.05) is 12.1 Å². The van der Waals surface area contributed by atoms with Gasteiger partial charge in [-0.3, -0.25) is 0 Å². The molecule has 22 heavy (non-hydrogen) atoms. The molecule has 5 N–H and O–H groups in total. The van der Waals surface area contributed by atoms with E-state index in [0.29, 0.717) is 5.82 Å². The fourth-order valence-electron chi connectivity index (χ4n) is 1.44. The molecule has 1 amide bonds. The van der Waals surface area contributed by atoms with Gasteiger partial charge in [-0.2, -0.15) is 0 Å². The number of carbonyl (C=O) groups excluding carboxylic acids is 1. The molecule has 0 aliphatic heterocycles. The third-order valence-electron chi connectivity index (χ3n) is 2.32. The fraction of sp³-hybridized carbons (Fsp3) is 0.0769. The molecule has 0 aliphatic rings. The van der Waals surface area contributed by atoms with E-state index < -0.39 is 14.2 Å². The number of nitrogen functional groups attached to an aromatic ring is 1. The van der Waals surface area contributed by atoms with Crippen LogP contribution >= 0.6 is 0 Å². The van der Waals surface area contributed by atoms with Crippen molar-refractivity contribution >= 4 is 35.9 Å². The maximum absolute atomic E-state index is 11.4. The second-order valence-electron chi connectivity index (χ2n) is 4.05. The topological polar surface area (TPSA) is 135 Å². The summed E-state index contributed by atoms with van der Waals surface area (Å²) in [5.74, 6) is 0.193. The van der Waals surface area contributed by atoms with Crippen LogP contribution in [-0.2, 0) is 12.4 Å². The number of benzene rings is 1. The summed E-state index contributed by atoms with van der Waals surface area (Å²) < 4.78 is 24.1. The molecule has 1 atom stereocenters. The van der Waals surface area contributed by atoms with Crippen LogP contribution in [0.3, 0.4) is 0 Å². The average molecular weight is 369 g/mol. The quantitative estimate of drug-likeness (QED) is 0.349. The molecule has 1 heterocycles. The van der Waals surface area contributed by atoms with Crippen LogP contribution in [0.4, 0.5) is 11.5 Å². The maximum Gasteiger partial charge on any atom is 0.123 e. The molecule has 0 aliphatic carbocycles. The van der Waals surface area contributed by atoms with Gasteiger partial charge in [0.1, 0.15) is 5.82 Å². The van der Waals surface area contributed by atoms with Crippen molar-refractivity contribution in [3.8, 4) is 0 Å². The summed E-state index contributed by atoms with van der Waals surface area (Å²) in [6, 6.07) is 11.3. The minimum absolute atomic E-state index is 0.103. The summed E-state index contributed by atoms with van der Waals surface area (Å²) in [7, 11) is 0. The number of aromatic nitrogens is 1. The number of nitrogens with zero attached hydrogens (tertiary/aromatic N) is 1. The molecular formula is C13H16AsN3O5. The molecule has 0 fully saturated rings. The molecule has 0 bridgehead atoms. The molecule has 1 aromatic heterocycles. The number of nitrogens with one attached hydrogen (secondary N) is 1. The van der Waals surface area contributed by atoms with E-state index in [0.717, 1.165) is 0 Å². The minimum Gasteiger partial charge on any atom is -0.384 e. The zero-order valence-corrected chi connectivity index (χ0v) is 13.6. The van der Waals surface area contributed by atoms with Gasteiger partial charge in [0.15, 0.2) is 0 Å². The van der Waals surface area contributed by atoms with Crippen molar-refractivity contribution in [3.63, 3.8) is 0 Å². The molecule has 0 radical (unpaired) electrons. The van der Waals surface area contributed by atoms with Gasteiger partial charge in [0.25, 0.3) is 0 Å². The second kappa shape index (κ2) is 8.35. The predicted molar refractivity (Wildman–Crippen MR) is 81.4 cm³/mol. The van der Waals surface area contributed by atoms with Crippen LogP contribution in [0.1, 0.15) is 6.92 Å². The smallest absolute Gasteiger partial charge is 0.123 e. The van der Waals surface area contributed by atoms with E-state index in [-0.39, 0.29) is 15.9 Å². The van der Waals surface area contributed by atoms with Gasteiger partial charge < -0.3 is 5.73 Å². The summed E-state index contributed by atoms with van der Waals surface area (Å²) in [6.07, 6.45) is 1.66. The molecule has 1 unspecified atom stereocenters. The first-order chi connectivity index (χ1) is 10.4. The second-order valence-corrected chi connectivity index (χ2v) is 7.59. The van der Waals surface area contributed by atoms with Crippen molar-refractivity contribution in [1.82, 2.24) is 4.98 Å². The standard InChI is InChI=1S/C8H10AsNO5.C5H6N2/c1-6(11)10-8-5-3-2-4-7(8)9(12,13)15-14;6-5-3-1-2-4-7-5/h2-5,14H,1H3,(H,10,11)(H,12,13);1-4H,(H2,6,7). The maximum atomic E-state index is 11.4. The van der Waals surface area contributed by atoms with E-state index in [1.54, 1.807) is 18.3 Å². The Labute approximate surface area is 129 Å². The molecule has 0 saturated carbocycles. The third-order valence-corrected chi connectivity index (χ3v) is 4.88. The zero-order valence-electron chi connectivity index (χ0n) is 11.7. The monoisotopic (exact) mass is 369 g/mol. The van der Waals surface area contributed by atoms with Gasteiger partial charge in [-0.15, -0.1) is 0 Å². The molecule has 0 saturated heterocycles. The Kier molecular flexibility index (Phi) is 6.81. The van der Waals surface area contributed by atoms with Gasteiger partial charge in [0, 0.05) is 6.20 Å². The fourth-order valence-corrected chi connectivity index (χ4v) is 3.11. The normalized spacial score (nSPS) is 12.5. The Balaban J connectivity index is 0.000000287. The molecule has 2 rings (SSSR count). The number of hydrogen-bond donors (Lipinski definition) is 4. The Morgan fingerprint density at radius 2 is 1.91 bits per heavy atom. The van der Waals surface area contributed by atoms with Crippen molar-refractivity contribution in [2.45, 2.75) is 6.92 Å². The number of para-hydroxylation sites is 1. The summed E-state index contributed by atoms with van der Waals surface area (Å²) in [5, 5.41) is 10.7. The molecular weight excluding hydrogens is 353 g/mol. The van der Waals surface area contributed by atoms with Gasteiger partial charge in [-0.1, -0.05) is 6.07 Å². The van der Waals surface area contributed by atoms with Crippen molar-refractivity contribution in [3.05, 3.63) is 48.7 Å². The van der Waals surface area contributed by atoms with Crippen molar-refractivity contribution < 1.29 is 21.8 Å². The largest absolute Gasteiger partial charge is 0.384 e. The van der Waals surface area contributed by atoms with Crippen LogP contribution in [0, 0.1) is 0 Å². The number of hydrogen-bond acceptors (Lipinski definition) is 6. The molecule has 0 spiro atoms. The molecule has 9 heteroatoms. The summed E-state index contributed by atoms with van der Waals surface area (Å²) in [5.41, 5.74) is 5.40. The van der Waals surface area contributed by atoms with Crippen LogP contribution < -0.4 is 15.4 Å². The van der Waals surface area contributed by atoms with Crippen LogP contribution in [-0.4, -0.2) is 34.4 Å². The van der Waals surface area contributed by atoms with E-state index in [4.69, 9.17) is 11.0 Å². The Bertz CT molecular complexity index is 666. The van der Waals surface area contributed by atoms with Crippen LogP contribution in [0.5, 0.6) is 0 Å². The number of anilines is 2. The van der Waals surface area contributed by atoms with Gasteiger partial charge in [0.2, 0.25) is 0 Å². The summed E-state index contributed by atoms with van der Waals surface area (Å²) in [4.78, 5) is 14.6. The first-order valence-electron chi connectivity index (χ1n) is 6.06. The molecule has 8 nitrogen and oxygen atoms in total. The number of carbonyl (C=O) groups is 1. The van der Waals surface area contributed by atoms with Gasteiger partial charge in [0.05, 0.1) is 0 Å². The van der Waals surface area contributed by atoms with Gasteiger partial charge >= 0.3 is 88.4 Å². The van der Waals surface area contributed by atoms with Crippen LogP contribution in [0.15, 0.2) is 48.7 Å². The van der Waals surface area contributed by atoms with Crippen molar-refractivity contribution in [2.24, 2.45) is 0 Å². The molecule has 118 valence electrons. The summed E-state index contributed by atoms with van der Waals surface area (Å²) >= 11 is -4.92. The number of pyridine rings is 1. The Hall–Kier alpha value is -2.12. The molecule has 1 aromatic carbocycles. The number of rotatable bonds is 3. The number of nitrogens with two attached hydrogens (primary N) is 1. The van der Waals surface area contributed by atoms with Crippen molar-refractivity contribution in [1.29, 1.82) is 0 Å². The van der Waals surface area contributed by atoms with E-state index in [1.165, 1.54) is 25.1 Å². The van der Waals surface area contributed by atoms with E-state index in [2.05, 4.69) is 14.2 Å². The van der Waals surface area contributed by atoms with E-state index >= 15 is 0 Å². The SMILES string of the molecule is CC(=O)Nc1ccccc1[As](=O)(O)OO.Nc1ccccn1. The van der Waals surface area contributed by atoms with E-state index in [9.17, 15) is 12.6 Å². The zero-order chi connectivity index (χ0) is 16.6. The van der Waals surface area contributed by atoms with Crippen LogP contribution in [0.25, 0.3) is 0 Å². The van der Waals surface area contributed by atoms with Crippen LogP contribution in [0.2, 0.25) is 0 Å². The Morgan fingerprint density at radius 3 is 2.36 bits per heavy atom. The predicted octanol–water partition coefficient (Wildman–Crippen LogP) is 0.367. The first-order valence-corrected chi connectivity index (χ1v) is 9.37. The third kappa shape index (κ3) is 5.71. The van der Waals surface area contributed by atoms with Crippen molar-refractivity contribution in [2.75, 3.05) is 11.1 Å². The summed E-state index contributed by atoms with van der Waals surface area (Å²) in [6.45, 7) is 1.27. The van der Waals surface area contributed by atoms with Gasteiger partial charge in [-0.05, 0) is 12.1 Å². The average Bonchev–Trinajstić information content (AvgIpc) is 2.48. The molecule has 2 aromatic rings. The number of amides is 1. The first kappa shape index (κ1) is 17.9.